The van der Waals surface area contributed by atoms with Crippen molar-refractivity contribution in [3.8, 4) is 0 Å². The Morgan fingerprint density at radius 1 is 0.920 bits per heavy atom. The SMILES string of the molecule is CN(C)CC(NS(=O)(=O)c1ccc(Cl)c(Cl)c1)c1ccc(Cl)c(Cl)c1. The Kier molecular flexibility index (Phi) is 7.01. The first-order valence-corrected chi connectivity index (χ1v) is 10.2. The van der Waals surface area contributed by atoms with E-state index in [1.54, 1.807) is 18.2 Å². The summed E-state index contributed by atoms with van der Waals surface area (Å²) in [6, 6.07) is 8.65. The predicted octanol–water partition coefficient (Wildman–Crippen LogP) is 4.88. The van der Waals surface area contributed by atoms with E-state index in [0.29, 0.717) is 22.2 Å². The third-order valence-electron chi connectivity index (χ3n) is 3.39. The highest BCUT2D eigenvalue weighted by Crippen LogP contribution is 2.28. The van der Waals surface area contributed by atoms with Crippen LogP contribution in [0.3, 0.4) is 0 Å². The maximum atomic E-state index is 12.7. The third kappa shape index (κ3) is 5.47. The number of rotatable bonds is 6. The van der Waals surface area contributed by atoms with E-state index >= 15 is 0 Å². The second kappa shape index (κ2) is 8.44. The zero-order valence-corrected chi connectivity index (χ0v) is 17.3. The Labute approximate surface area is 167 Å². The summed E-state index contributed by atoms with van der Waals surface area (Å²) >= 11 is 23.8. The molecular formula is C16H16Cl4N2O2S. The van der Waals surface area contributed by atoms with Crippen molar-refractivity contribution in [1.82, 2.24) is 9.62 Å². The summed E-state index contributed by atoms with van der Waals surface area (Å²) in [6.45, 7) is 0.429. The molecule has 0 aliphatic heterocycles. The normalized spacial score (nSPS) is 13.2. The maximum Gasteiger partial charge on any atom is 0.241 e. The van der Waals surface area contributed by atoms with Crippen molar-refractivity contribution in [2.45, 2.75) is 10.9 Å². The molecular weight excluding hydrogens is 426 g/mol. The van der Waals surface area contributed by atoms with Crippen LogP contribution in [0.1, 0.15) is 11.6 Å². The van der Waals surface area contributed by atoms with Crippen molar-refractivity contribution in [3.63, 3.8) is 0 Å². The Morgan fingerprint density at radius 2 is 1.48 bits per heavy atom. The van der Waals surface area contributed by atoms with Gasteiger partial charge in [-0.05, 0) is 50.0 Å². The highest BCUT2D eigenvalue weighted by atomic mass is 35.5. The second-order valence-corrected chi connectivity index (χ2v) is 9.03. The summed E-state index contributed by atoms with van der Waals surface area (Å²) in [6.07, 6.45) is 0. The molecule has 2 rings (SSSR count). The molecule has 0 fully saturated rings. The molecule has 2 aromatic rings. The van der Waals surface area contributed by atoms with Crippen LogP contribution in [-0.4, -0.2) is 34.0 Å². The van der Waals surface area contributed by atoms with E-state index in [2.05, 4.69) is 4.72 Å². The van der Waals surface area contributed by atoms with E-state index < -0.39 is 16.1 Å². The van der Waals surface area contributed by atoms with Crippen molar-refractivity contribution in [1.29, 1.82) is 0 Å². The fourth-order valence-electron chi connectivity index (χ4n) is 2.20. The number of nitrogens with zero attached hydrogens (tertiary/aromatic N) is 1. The van der Waals surface area contributed by atoms with Gasteiger partial charge in [-0.25, -0.2) is 13.1 Å². The first-order valence-electron chi connectivity index (χ1n) is 7.17. The van der Waals surface area contributed by atoms with Gasteiger partial charge in [-0.15, -0.1) is 0 Å². The molecule has 4 nitrogen and oxygen atoms in total. The summed E-state index contributed by atoms with van der Waals surface area (Å²) in [5.74, 6) is 0. The standard InChI is InChI=1S/C16H16Cl4N2O2S/c1-22(2)9-16(10-3-5-12(17)14(19)7-10)21-25(23,24)11-4-6-13(18)15(20)8-11/h3-8,16,21H,9H2,1-2H3. The molecule has 1 N–H and O–H groups in total. The summed E-state index contributed by atoms with van der Waals surface area (Å²) in [5, 5.41) is 1.22. The second-order valence-electron chi connectivity index (χ2n) is 5.69. The first-order chi connectivity index (χ1) is 11.6. The zero-order chi connectivity index (χ0) is 18.8. The fourth-order valence-corrected chi connectivity index (χ4v) is 4.12. The Bertz CT molecular complexity index is 872. The average molecular weight is 442 g/mol. The summed E-state index contributed by atoms with van der Waals surface area (Å²) < 4.78 is 28.1. The van der Waals surface area contributed by atoms with Gasteiger partial charge in [0.15, 0.2) is 0 Å². The highest BCUT2D eigenvalue weighted by Gasteiger charge is 2.23. The molecule has 9 heteroatoms. The highest BCUT2D eigenvalue weighted by molar-refractivity contribution is 7.89. The lowest BCUT2D eigenvalue weighted by Gasteiger charge is -2.23. The smallest absolute Gasteiger partial charge is 0.241 e. The summed E-state index contributed by atoms with van der Waals surface area (Å²) in [7, 11) is -0.121. The van der Waals surface area contributed by atoms with E-state index in [4.69, 9.17) is 46.4 Å². The minimum atomic E-state index is -3.81. The molecule has 1 unspecified atom stereocenters. The Morgan fingerprint density at radius 3 is 2.00 bits per heavy atom. The van der Waals surface area contributed by atoms with Crippen molar-refractivity contribution < 1.29 is 8.42 Å². The zero-order valence-electron chi connectivity index (χ0n) is 13.4. The molecule has 1 atom stereocenters. The van der Waals surface area contributed by atoms with Gasteiger partial charge in [-0.2, -0.15) is 0 Å². The van der Waals surface area contributed by atoms with Gasteiger partial charge in [0.2, 0.25) is 10.0 Å². The molecule has 2 aromatic carbocycles. The van der Waals surface area contributed by atoms with Crippen LogP contribution in [0, 0.1) is 0 Å². The molecule has 0 bridgehead atoms. The monoisotopic (exact) mass is 440 g/mol. The number of hydrogen-bond donors (Lipinski definition) is 1. The van der Waals surface area contributed by atoms with Crippen molar-refractivity contribution in [2.75, 3.05) is 20.6 Å². The Balaban J connectivity index is 2.38. The predicted molar refractivity (Wildman–Crippen MR) is 105 cm³/mol. The van der Waals surface area contributed by atoms with E-state index in [1.165, 1.54) is 18.2 Å². The molecule has 0 radical (unpaired) electrons. The number of sulfonamides is 1. The van der Waals surface area contributed by atoms with Gasteiger partial charge in [-0.3, -0.25) is 0 Å². The summed E-state index contributed by atoms with van der Waals surface area (Å²) in [5.41, 5.74) is 0.701. The fraction of sp³-hybridized carbons (Fsp3) is 0.250. The molecule has 0 spiro atoms. The molecule has 0 amide bonds. The number of benzene rings is 2. The van der Waals surface area contributed by atoms with Crippen molar-refractivity contribution in [2.24, 2.45) is 0 Å². The maximum absolute atomic E-state index is 12.7. The van der Waals surface area contributed by atoms with E-state index in [0.717, 1.165) is 0 Å². The molecule has 0 aliphatic carbocycles. The number of nitrogens with one attached hydrogen (secondary N) is 1. The molecule has 0 saturated carbocycles. The van der Waals surface area contributed by atoms with Gasteiger partial charge in [0.05, 0.1) is 31.0 Å². The third-order valence-corrected chi connectivity index (χ3v) is 6.34. The van der Waals surface area contributed by atoms with Crippen molar-refractivity contribution >= 4 is 56.4 Å². The van der Waals surface area contributed by atoms with E-state index in [-0.39, 0.29) is 14.9 Å². The average Bonchev–Trinajstić information content (AvgIpc) is 2.51. The number of likely N-dealkylation sites (N-methyl/N-ethyl adjacent to an activating group) is 1. The Hall–Kier alpha value is -0.530. The minimum Gasteiger partial charge on any atom is -0.307 e. The lowest BCUT2D eigenvalue weighted by atomic mass is 10.1. The molecule has 0 saturated heterocycles. The van der Waals surface area contributed by atoms with Gasteiger partial charge in [0, 0.05) is 6.54 Å². The van der Waals surface area contributed by atoms with Gasteiger partial charge in [0.25, 0.3) is 0 Å². The largest absolute Gasteiger partial charge is 0.307 e. The molecule has 0 heterocycles. The topological polar surface area (TPSA) is 49.4 Å². The van der Waals surface area contributed by atoms with Crippen LogP contribution in [-0.2, 0) is 10.0 Å². The van der Waals surface area contributed by atoms with E-state index in [1.807, 2.05) is 19.0 Å². The quantitative estimate of drug-likeness (QED) is 0.694. The molecule has 0 aliphatic rings. The summed E-state index contributed by atoms with van der Waals surface area (Å²) in [4.78, 5) is 1.90. The van der Waals surface area contributed by atoms with Crippen LogP contribution in [0.25, 0.3) is 0 Å². The number of hydrogen-bond acceptors (Lipinski definition) is 3. The lowest BCUT2D eigenvalue weighted by molar-refractivity contribution is 0.363. The van der Waals surface area contributed by atoms with Crippen LogP contribution < -0.4 is 4.72 Å². The number of halogens is 4. The first kappa shape index (κ1) is 20.8. The van der Waals surface area contributed by atoms with Gasteiger partial charge in [0.1, 0.15) is 0 Å². The van der Waals surface area contributed by atoms with Crippen molar-refractivity contribution in [3.05, 3.63) is 62.1 Å². The van der Waals surface area contributed by atoms with E-state index in [9.17, 15) is 8.42 Å². The molecule has 136 valence electrons. The van der Waals surface area contributed by atoms with Crippen LogP contribution in [0.2, 0.25) is 20.1 Å². The van der Waals surface area contributed by atoms with Crippen LogP contribution in [0.5, 0.6) is 0 Å². The van der Waals surface area contributed by atoms with Crippen LogP contribution in [0.15, 0.2) is 41.3 Å². The molecule has 25 heavy (non-hydrogen) atoms. The molecule has 0 aromatic heterocycles. The van der Waals surface area contributed by atoms with Crippen LogP contribution in [0.4, 0.5) is 0 Å². The van der Waals surface area contributed by atoms with Gasteiger partial charge >= 0.3 is 0 Å². The van der Waals surface area contributed by atoms with Crippen LogP contribution >= 0.6 is 46.4 Å². The van der Waals surface area contributed by atoms with Gasteiger partial charge < -0.3 is 4.90 Å². The van der Waals surface area contributed by atoms with Gasteiger partial charge in [-0.1, -0.05) is 52.5 Å². The lowest BCUT2D eigenvalue weighted by Crippen LogP contribution is -2.35. The minimum absolute atomic E-state index is 0.0331.